The molecule has 1 aliphatic rings. The highest BCUT2D eigenvalue weighted by molar-refractivity contribution is 5.41. The Morgan fingerprint density at radius 3 is 2.54 bits per heavy atom. The van der Waals surface area contributed by atoms with E-state index in [9.17, 15) is 10.2 Å². The molecule has 2 rings (SSSR count). The Morgan fingerprint density at radius 2 is 1.88 bits per heavy atom. The molecule has 3 atom stereocenters. The monoisotopic (exact) mass is 332 g/mol. The predicted molar refractivity (Wildman–Crippen MR) is 102 cm³/mol. The molecule has 2 nitrogen and oxygen atoms in total. The standard InChI is InChI=1S/C22H36O2/c1-5-6-7-8-13-22(3,4)17-10-12-19(21(24)14-17)20-15-18(23)11-9-16(20)2/h10,12,14,16,18,20,23-24H,5-9,11,13,15H2,1-4H3/t16-,18-,20-/m0/s1. The topological polar surface area (TPSA) is 40.5 Å². The lowest BCUT2D eigenvalue weighted by atomic mass is 9.73. The Kier molecular flexibility index (Phi) is 6.74. The maximum absolute atomic E-state index is 10.6. The van der Waals surface area contributed by atoms with Gasteiger partial charge in [0, 0.05) is 0 Å². The van der Waals surface area contributed by atoms with E-state index in [1.807, 2.05) is 6.07 Å². The summed E-state index contributed by atoms with van der Waals surface area (Å²) in [7, 11) is 0. The third-order valence-electron chi connectivity index (χ3n) is 6.03. The first-order valence-corrected chi connectivity index (χ1v) is 9.86. The molecule has 24 heavy (non-hydrogen) atoms. The van der Waals surface area contributed by atoms with Crippen LogP contribution in [-0.2, 0) is 5.41 Å². The summed E-state index contributed by atoms with van der Waals surface area (Å²) < 4.78 is 0. The van der Waals surface area contributed by atoms with E-state index >= 15 is 0 Å². The average molecular weight is 333 g/mol. The van der Waals surface area contributed by atoms with Crippen LogP contribution in [0.25, 0.3) is 0 Å². The van der Waals surface area contributed by atoms with Gasteiger partial charge < -0.3 is 10.2 Å². The van der Waals surface area contributed by atoms with Crippen LogP contribution in [-0.4, -0.2) is 16.3 Å². The molecular weight excluding hydrogens is 296 g/mol. The van der Waals surface area contributed by atoms with E-state index in [0.717, 1.165) is 31.2 Å². The van der Waals surface area contributed by atoms with E-state index in [2.05, 4.69) is 39.8 Å². The van der Waals surface area contributed by atoms with Crippen molar-refractivity contribution in [3.8, 4) is 5.75 Å². The second-order valence-corrected chi connectivity index (χ2v) is 8.52. The van der Waals surface area contributed by atoms with Crippen LogP contribution in [0.5, 0.6) is 5.75 Å². The van der Waals surface area contributed by atoms with Gasteiger partial charge in [-0.1, -0.05) is 65.5 Å². The first kappa shape index (κ1) is 19.3. The summed E-state index contributed by atoms with van der Waals surface area (Å²) in [6.45, 7) is 9.04. The lowest BCUT2D eigenvalue weighted by Crippen LogP contribution is -2.25. The molecule has 1 aromatic carbocycles. The highest BCUT2D eigenvalue weighted by atomic mass is 16.3. The van der Waals surface area contributed by atoms with Gasteiger partial charge in [0.2, 0.25) is 0 Å². The number of phenols is 1. The lowest BCUT2D eigenvalue weighted by Gasteiger charge is -2.33. The highest BCUT2D eigenvalue weighted by Crippen LogP contribution is 2.42. The van der Waals surface area contributed by atoms with E-state index < -0.39 is 0 Å². The van der Waals surface area contributed by atoms with E-state index in [1.165, 1.54) is 31.2 Å². The Hall–Kier alpha value is -1.02. The summed E-state index contributed by atoms with van der Waals surface area (Å²) in [5, 5.41) is 20.6. The fraction of sp³-hybridized carbons (Fsp3) is 0.727. The summed E-state index contributed by atoms with van der Waals surface area (Å²) in [5.41, 5.74) is 2.34. The van der Waals surface area contributed by atoms with E-state index in [0.29, 0.717) is 11.7 Å². The van der Waals surface area contributed by atoms with Crippen LogP contribution in [0.3, 0.4) is 0 Å². The predicted octanol–water partition coefficient (Wildman–Crippen LogP) is 5.90. The van der Waals surface area contributed by atoms with Crippen LogP contribution in [0, 0.1) is 5.92 Å². The molecule has 0 radical (unpaired) electrons. The van der Waals surface area contributed by atoms with Crippen molar-refractivity contribution in [2.75, 3.05) is 0 Å². The zero-order chi connectivity index (χ0) is 17.7. The molecule has 0 saturated heterocycles. The Balaban J connectivity index is 2.10. The van der Waals surface area contributed by atoms with Crippen molar-refractivity contribution in [2.24, 2.45) is 5.92 Å². The van der Waals surface area contributed by atoms with Crippen LogP contribution in [0.1, 0.15) is 96.1 Å². The van der Waals surface area contributed by atoms with Crippen molar-refractivity contribution >= 4 is 0 Å². The van der Waals surface area contributed by atoms with E-state index in [1.54, 1.807) is 0 Å². The quantitative estimate of drug-likeness (QED) is 0.610. The van der Waals surface area contributed by atoms with Crippen molar-refractivity contribution in [3.63, 3.8) is 0 Å². The van der Waals surface area contributed by atoms with Gasteiger partial charge in [0.05, 0.1) is 6.10 Å². The number of aliphatic hydroxyl groups excluding tert-OH is 1. The summed E-state index contributed by atoms with van der Waals surface area (Å²) >= 11 is 0. The van der Waals surface area contributed by atoms with Crippen LogP contribution < -0.4 is 0 Å². The maximum Gasteiger partial charge on any atom is 0.119 e. The van der Waals surface area contributed by atoms with Gasteiger partial charge >= 0.3 is 0 Å². The zero-order valence-corrected chi connectivity index (χ0v) is 16.0. The van der Waals surface area contributed by atoms with Gasteiger partial charge in [0.25, 0.3) is 0 Å². The third-order valence-corrected chi connectivity index (χ3v) is 6.03. The minimum atomic E-state index is -0.222. The maximum atomic E-state index is 10.6. The minimum Gasteiger partial charge on any atom is -0.508 e. The average Bonchev–Trinajstić information content (AvgIpc) is 2.54. The van der Waals surface area contributed by atoms with E-state index in [4.69, 9.17) is 0 Å². The van der Waals surface area contributed by atoms with Crippen molar-refractivity contribution in [3.05, 3.63) is 29.3 Å². The second kappa shape index (κ2) is 8.38. The molecule has 136 valence electrons. The van der Waals surface area contributed by atoms with Gasteiger partial charge in [0.15, 0.2) is 0 Å². The van der Waals surface area contributed by atoms with Crippen molar-refractivity contribution < 1.29 is 10.2 Å². The summed E-state index contributed by atoms with van der Waals surface area (Å²) in [4.78, 5) is 0. The first-order valence-electron chi connectivity index (χ1n) is 9.86. The molecular formula is C22H36O2. The molecule has 0 aliphatic heterocycles. The van der Waals surface area contributed by atoms with Crippen molar-refractivity contribution in [2.45, 2.75) is 96.5 Å². The minimum absolute atomic E-state index is 0.0987. The zero-order valence-electron chi connectivity index (χ0n) is 16.0. The normalized spacial score (nSPS) is 25.0. The molecule has 0 bridgehead atoms. The number of rotatable bonds is 7. The lowest BCUT2D eigenvalue weighted by molar-refractivity contribution is 0.0975. The first-order chi connectivity index (χ1) is 11.3. The molecule has 0 amide bonds. The molecule has 2 N–H and O–H groups in total. The van der Waals surface area contributed by atoms with Gasteiger partial charge in [0.1, 0.15) is 5.75 Å². The number of aliphatic hydroxyl groups is 1. The highest BCUT2D eigenvalue weighted by Gasteiger charge is 2.30. The third kappa shape index (κ3) is 4.75. The fourth-order valence-corrected chi connectivity index (χ4v) is 4.15. The summed E-state index contributed by atoms with van der Waals surface area (Å²) in [5.74, 6) is 1.21. The number of phenolic OH excluding ortho intramolecular Hbond substituents is 1. The van der Waals surface area contributed by atoms with Crippen molar-refractivity contribution in [1.82, 2.24) is 0 Å². The number of benzene rings is 1. The molecule has 1 saturated carbocycles. The van der Waals surface area contributed by atoms with E-state index in [-0.39, 0.29) is 17.4 Å². The Labute approximate surface area is 148 Å². The largest absolute Gasteiger partial charge is 0.508 e. The number of hydrogen-bond acceptors (Lipinski definition) is 2. The molecule has 1 aromatic rings. The molecule has 0 aromatic heterocycles. The molecule has 1 fully saturated rings. The number of unbranched alkanes of at least 4 members (excludes halogenated alkanes) is 3. The summed E-state index contributed by atoms with van der Waals surface area (Å²) in [6.07, 6.45) is 8.75. The molecule has 0 unspecified atom stereocenters. The SMILES string of the molecule is CCCCCCC(C)(C)c1ccc([C@H]2C[C@@H](O)CC[C@@H]2C)c(O)c1. The Bertz CT molecular complexity index is 521. The number of aromatic hydroxyl groups is 1. The number of hydrogen-bond donors (Lipinski definition) is 2. The fourth-order valence-electron chi connectivity index (χ4n) is 4.15. The van der Waals surface area contributed by atoms with Crippen LogP contribution in [0.4, 0.5) is 0 Å². The molecule has 1 aliphatic carbocycles. The molecule has 0 heterocycles. The van der Waals surface area contributed by atoms with Gasteiger partial charge in [-0.15, -0.1) is 0 Å². The van der Waals surface area contributed by atoms with Gasteiger partial charge in [-0.25, -0.2) is 0 Å². The Morgan fingerprint density at radius 1 is 1.12 bits per heavy atom. The van der Waals surface area contributed by atoms with Crippen LogP contribution >= 0.6 is 0 Å². The second-order valence-electron chi connectivity index (χ2n) is 8.52. The van der Waals surface area contributed by atoms with Crippen LogP contribution in [0.15, 0.2) is 18.2 Å². The smallest absolute Gasteiger partial charge is 0.119 e. The molecule has 2 heteroatoms. The summed E-state index contributed by atoms with van der Waals surface area (Å²) in [6, 6.07) is 6.28. The van der Waals surface area contributed by atoms with Gasteiger partial charge in [-0.05, 0) is 60.1 Å². The van der Waals surface area contributed by atoms with Gasteiger partial charge in [-0.2, -0.15) is 0 Å². The van der Waals surface area contributed by atoms with Crippen molar-refractivity contribution in [1.29, 1.82) is 0 Å². The van der Waals surface area contributed by atoms with Crippen LogP contribution in [0.2, 0.25) is 0 Å². The molecule has 0 spiro atoms. The van der Waals surface area contributed by atoms with Gasteiger partial charge in [-0.3, -0.25) is 0 Å².